The van der Waals surface area contributed by atoms with Gasteiger partial charge in [0.15, 0.2) is 0 Å². The second-order valence-corrected chi connectivity index (χ2v) is 9.83. The van der Waals surface area contributed by atoms with Crippen LogP contribution in [0.2, 0.25) is 0 Å². The van der Waals surface area contributed by atoms with Crippen LogP contribution in [-0.4, -0.2) is 55.8 Å². The largest absolute Gasteiger partial charge is 0.491 e. The Morgan fingerprint density at radius 3 is 2.00 bits per heavy atom. The van der Waals surface area contributed by atoms with Crippen LogP contribution in [0, 0.1) is 0 Å². The molecule has 38 heavy (non-hydrogen) atoms. The first kappa shape index (κ1) is 26.1. The minimum atomic E-state index is -0.721. The van der Waals surface area contributed by atoms with Crippen molar-refractivity contribution in [1.82, 2.24) is 0 Å². The molecule has 3 aromatic rings. The number of para-hydroxylation sites is 1. The molecule has 0 bridgehead atoms. The SMILES string of the molecule is O=C(OC1CCC(c2ccc(OCC(O)COc3ccccc3)cc2)CC1)c1ccc(OCC2CO2)cc1. The molecule has 1 saturated carbocycles. The van der Waals surface area contributed by atoms with Gasteiger partial charge in [0.1, 0.15) is 55.4 Å². The highest BCUT2D eigenvalue weighted by Gasteiger charge is 2.26. The zero-order valence-corrected chi connectivity index (χ0v) is 21.4. The van der Waals surface area contributed by atoms with E-state index < -0.39 is 6.10 Å². The zero-order valence-electron chi connectivity index (χ0n) is 21.4. The van der Waals surface area contributed by atoms with Crippen molar-refractivity contribution >= 4 is 5.97 Å². The molecule has 3 aromatic carbocycles. The van der Waals surface area contributed by atoms with Crippen molar-refractivity contribution in [1.29, 1.82) is 0 Å². The Kier molecular flexibility index (Phi) is 8.78. The highest BCUT2D eigenvalue weighted by Crippen LogP contribution is 2.35. The van der Waals surface area contributed by atoms with E-state index in [1.807, 2.05) is 42.5 Å². The van der Waals surface area contributed by atoms with Gasteiger partial charge in [-0.3, -0.25) is 0 Å². The fourth-order valence-corrected chi connectivity index (χ4v) is 4.56. The first-order valence-electron chi connectivity index (χ1n) is 13.3. The molecule has 7 heteroatoms. The summed E-state index contributed by atoms with van der Waals surface area (Å²) in [5.41, 5.74) is 1.79. The van der Waals surface area contributed by atoms with Crippen LogP contribution < -0.4 is 14.2 Å². The minimum Gasteiger partial charge on any atom is -0.491 e. The lowest BCUT2D eigenvalue weighted by Gasteiger charge is -2.28. The summed E-state index contributed by atoms with van der Waals surface area (Å²) in [6.45, 7) is 1.62. The van der Waals surface area contributed by atoms with Gasteiger partial charge in [0.2, 0.25) is 0 Å². The van der Waals surface area contributed by atoms with Gasteiger partial charge in [0, 0.05) is 0 Å². The summed E-state index contributed by atoms with van der Waals surface area (Å²) in [4.78, 5) is 12.6. The molecule has 5 rings (SSSR count). The number of carbonyl (C=O) groups is 1. The Morgan fingerprint density at radius 2 is 1.37 bits per heavy atom. The van der Waals surface area contributed by atoms with Crippen LogP contribution in [0.3, 0.4) is 0 Å². The number of benzene rings is 3. The molecule has 2 fully saturated rings. The maximum Gasteiger partial charge on any atom is 0.338 e. The average molecular weight is 519 g/mol. The molecule has 1 heterocycles. The molecule has 1 N–H and O–H groups in total. The molecule has 1 aliphatic carbocycles. The van der Waals surface area contributed by atoms with Gasteiger partial charge in [-0.15, -0.1) is 0 Å². The Labute approximate surface area is 223 Å². The van der Waals surface area contributed by atoms with Crippen LogP contribution in [0.4, 0.5) is 0 Å². The highest BCUT2D eigenvalue weighted by molar-refractivity contribution is 5.89. The molecule has 0 radical (unpaired) electrons. The predicted molar refractivity (Wildman–Crippen MR) is 142 cm³/mol. The van der Waals surface area contributed by atoms with Crippen molar-refractivity contribution in [2.75, 3.05) is 26.4 Å². The van der Waals surface area contributed by atoms with Gasteiger partial charge in [0.25, 0.3) is 0 Å². The highest BCUT2D eigenvalue weighted by atomic mass is 16.6. The van der Waals surface area contributed by atoms with Gasteiger partial charge in [-0.1, -0.05) is 30.3 Å². The number of aliphatic hydroxyl groups is 1. The molecule has 2 aliphatic rings. The number of ether oxygens (including phenoxy) is 5. The molecule has 1 saturated heterocycles. The Balaban J connectivity index is 1.01. The fourth-order valence-electron chi connectivity index (χ4n) is 4.56. The lowest BCUT2D eigenvalue weighted by atomic mass is 9.83. The number of aliphatic hydroxyl groups excluding tert-OH is 1. The monoisotopic (exact) mass is 518 g/mol. The lowest BCUT2D eigenvalue weighted by Crippen LogP contribution is -2.25. The van der Waals surface area contributed by atoms with Gasteiger partial charge in [-0.25, -0.2) is 4.79 Å². The van der Waals surface area contributed by atoms with E-state index in [1.54, 1.807) is 24.3 Å². The average Bonchev–Trinajstić information content (AvgIpc) is 3.80. The summed E-state index contributed by atoms with van der Waals surface area (Å²) in [6.07, 6.45) is 3.01. The van der Waals surface area contributed by atoms with E-state index in [0.717, 1.165) is 43.8 Å². The van der Waals surface area contributed by atoms with Crippen molar-refractivity contribution in [2.24, 2.45) is 0 Å². The van der Waals surface area contributed by atoms with Crippen LogP contribution in [0.1, 0.15) is 47.5 Å². The third-order valence-electron chi connectivity index (χ3n) is 6.86. The topological polar surface area (TPSA) is 86.8 Å². The molecular weight excluding hydrogens is 484 g/mol. The maximum absolute atomic E-state index is 12.6. The van der Waals surface area contributed by atoms with E-state index in [9.17, 15) is 9.90 Å². The normalized spacial score (nSPS) is 21.2. The number of hydrogen-bond donors (Lipinski definition) is 1. The first-order chi connectivity index (χ1) is 18.6. The van der Waals surface area contributed by atoms with E-state index in [0.29, 0.717) is 23.8 Å². The fraction of sp³-hybridized carbons (Fsp3) is 0.387. The van der Waals surface area contributed by atoms with Crippen LogP contribution in [0.25, 0.3) is 0 Å². The van der Waals surface area contributed by atoms with Crippen LogP contribution in [0.5, 0.6) is 17.2 Å². The summed E-state index contributed by atoms with van der Waals surface area (Å²) in [6, 6.07) is 24.5. The summed E-state index contributed by atoms with van der Waals surface area (Å²) < 4.78 is 27.8. The maximum atomic E-state index is 12.6. The second kappa shape index (κ2) is 12.8. The molecule has 2 atom stereocenters. The Morgan fingerprint density at radius 1 is 0.789 bits per heavy atom. The third-order valence-corrected chi connectivity index (χ3v) is 6.86. The van der Waals surface area contributed by atoms with E-state index in [-0.39, 0.29) is 31.4 Å². The van der Waals surface area contributed by atoms with E-state index in [1.165, 1.54) is 5.56 Å². The van der Waals surface area contributed by atoms with Crippen LogP contribution in [-0.2, 0) is 9.47 Å². The Bertz CT molecular complexity index is 1140. The predicted octanol–water partition coefficient (Wildman–Crippen LogP) is 5.17. The Hall–Kier alpha value is -3.55. The van der Waals surface area contributed by atoms with Crippen molar-refractivity contribution in [2.45, 2.75) is 49.9 Å². The standard InChI is InChI=1S/C31H34O7/c32-25(18-34-26-4-2-1-3-5-26)19-35-27-12-6-22(7-13-27)23-8-16-29(17-9-23)38-31(33)24-10-14-28(15-11-24)36-20-30-21-37-30/h1-7,10-15,23,25,29-30,32H,8-9,16-21H2. The third kappa shape index (κ3) is 7.73. The summed E-state index contributed by atoms with van der Waals surface area (Å²) in [5.74, 6) is 2.30. The second-order valence-electron chi connectivity index (χ2n) is 9.83. The zero-order chi connectivity index (χ0) is 26.2. The molecular formula is C31H34O7. The summed E-state index contributed by atoms with van der Waals surface area (Å²) >= 11 is 0. The van der Waals surface area contributed by atoms with Gasteiger partial charge >= 0.3 is 5.97 Å². The van der Waals surface area contributed by atoms with Gasteiger partial charge in [-0.05, 0) is 85.7 Å². The summed E-state index contributed by atoms with van der Waals surface area (Å²) in [5, 5.41) is 10.1. The minimum absolute atomic E-state index is 0.0658. The smallest absolute Gasteiger partial charge is 0.338 e. The number of epoxide rings is 1. The molecule has 0 aromatic heterocycles. The molecule has 1 aliphatic heterocycles. The summed E-state index contributed by atoms with van der Waals surface area (Å²) in [7, 11) is 0. The van der Waals surface area contributed by atoms with Gasteiger partial charge in [-0.2, -0.15) is 0 Å². The van der Waals surface area contributed by atoms with Crippen LogP contribution >= 0.6 is 0 Å². The van der Waals surface area contributed by atoms with Crippen LogP contribution in [0.15, 0.2) is 78.9 Å². The van der Waals surface area contributed by atoms with Crippen molar-refractivity contribution < 1.29 is 33.6 Å². The van der Waals surface area contributed by atoms with Crippen molar-refractivity contribution in [3.05, 3.63) is 90.0 Å². The number of carbonyl (C=O) groups excluding carboxylic acids is 1. The molecule has 7 nitrogen and oxygen atoms in total. The molecule has 2 unspecified atom stereocenters. The van der Waals surface area contributed by atoms with E-state index >= 15 is 0 Å². The molecule has 0 amide bonds. The number of hydrogen-bond acceptors (Lipinski definition) is 7. The first-order valence-corrected chi connectivity index (χ1v) is 13.3. The van der Waals surface area contributed by atoms with Crippen molar-refractivity contribution in [3.63, 3.8) is 0 Å². The quantitative estimate of drug-likeness (QED) is 0.262. The lowest BCUT2D eigenvalue weighted by molar-refractivity contribution is 0.0195. The van der Waals surface area contributed by atoms with Gasteiger partial charge in [0.05, 0.1) is 12.2 Å². The van der Waals surface area contributed by atoms with E-state index in [2.05, 4.69) is 12.1 Å². The molecule has 0 spiro atoms. The number of rotatable bonds is 12. The van der Waals surface area contributed by atoms with Gasteiger partial charge < -0.3 is 28.8 Å². The molecule has 200 valence electrons. The number of esters is 1. The van der Waals surface area contributed by atoms with Crippen molar-refractivity contribution in [3.8, 4) is 17.2 Å². The van der Waals surface area contributed by atoms with E-state index in [4.69, 9.17) is 23.7 Å².